The Hall–Kier alpha value is -3.76. The van der Waals surface area contributed by atoms with Gasteiger partial charge in [-0.2, -0.15) is 0 Å². The van der Waals surface area contributed by atoms with Crippen LogP contribution >= 0.6 is 0 Å². The van der Waals surface area contributed by atoms with Gasteiger partial charge in [0, 0.05) is 18.2 Å². The molecule has 0 saturated carbocycles. The summed E-state index contributed by atoms with van der Waals surface area (Å²) >= 11 is 0. The second-order valence-corrected chi connectivity index (χ2v) is 9.85. The molecule has 0 radical (unpaired) electrons. The Labute approximate surface area is 204 Å². The second kappa shape index (κ2) is 11.6. The second-order valence-electron chi connectivity index (χ2n) is 7.94. The van der Waals surface area contributed by atoms with Gasteiger partial charge in [0.2, 0.25) is 10.0 Å². The van der Waals surface area contributed by atoms with Crippen LogP contribution in [0.15, 0.2) is 72.8 Å². The maximum absolute atomic E-state index is 12.5. The first-order chi connectivity index (χ1) is 16.7. The molecule has 3 aromatic carbocycles. The van der Waals surface area contributed by atoms with E-state index in [4.69, 9.17) is 4.74 Å². The van der Waals surface area contributed by atoms with E-state index < -0.39 is 14.9 Å². The van der Waals surface area contributed by atoms with Crippen LogP contribution in [0, 0.1) is 17.0 Å². The summed E-state index contributed by atoms with van der Waals surface area (Å²) in [5, 5.41) is 14.1. The van der Waals surface area contributed by atoms with Crippen LogP contribution in [0.1, 0.15) is 27.0 Å². The van der Waals surface area contributed by atoms with Crippen molar-refractivity contribution in [2.45, 2.75) is 20.1 Å². The predicted octanol–water partition coefficient (Wildman–Crippen LogP) is 3.82. The molecule has 0 aliphatic rings. The molecule has 3 rings (SSSR count). The third-order valence-electron chi connectivity index (χ3n) is 5.33. The highest BCUT2D eigenvalue weighted by atomic mass is 32.2. The molecular formula is C25H27N3O6S. The summed E-state index contributed by atoms with van der Waals surface area (Å²) < 4.78 is 31.6. The van der Waals surface area contributed by atoms with Crippen LogP contribution < -0.4 is 9.62 Å². The molecule has 0 aliphatic heterocycles. The molecule has 35 heavy (non-hydrogen) atoms. The third kappa shape index (κ3) is 7.11. The van der Waals surface area contributed by atoms with Gasteiger partial charge < -0.3 is 10.1 Å². The summed E-state index contributed by atoms with van der Waals surface area (Å²) in [7, 11) is -3.73. The Bertz CT molecular complexity index is 1280. The van der Waals surface area contributed by atoms with Gasteiger partial charge in [-0.1, -0.05) is 48.5 Å². The molecule has 10 heteroatoms. The molecule has 1 N–H and O–H groups in total. The summed E-state index contributed by atoms with van der Waals surface area (Å²) in [4.78, 5) is 23.1. The number of nitrogens with one attached hydrogen (secondary N) is 1. The molecule has 0 unspecified atom stereocenters. The Morgan fingerprint density at radius 3 is 2.31 bits per heavy atom. The predicted molar refractivity (Wildman–Crippen MR) is 134 cm³/mol. The smallest absolute Gasteiger partial charge is 0.274 e. The minimum absolute atomic E-state index is 0.0317. The average Bonchev–Trinajstić information content (AvgIpc) is 2.83. The summed E-state index contributed by atoms with van der Waals surface area (Å²) in [6.45, 7) is 2.66. The lowest BCUT2D eigenvalue weighted by Gasteiger charge is -2.24. The molecule has 9 nitrogen and oxygen atoms in total. The number of ether oxygens (including phenoxy) is 1. The minimum atomic E-state index is -3.73. The van der Waals surface area contributed by atoms with E-state index in [-0.39, 0.29) is 29.4 Å². The van der Waals surface area contributed by atoms with E-state index in [9.17, 15) is 23.3 Å². The average molecular weight is 498 g/mol. The van der Waals surface area contributed by atoms with E-state index in [0.717, 1.165) is 16.1 Å². The number of carbonyl (C=O) groups is 1. The minimum Gasteiger partial charge on any atom is -0.375 e. The van der Waals surface area contributed by atoms with Crippen LogP contribution in [-0.4, -0.2) is 38.7 Å². The van der Waals surface area contributed by atoms with E-state index in [0.29, 0.717) is 30.9 Å². The summed E-state index contributed by atoms with van der Waals surface area (Å²) in [5.74, 6) is -0.269. The van der Waals surface area contributed by atoms with Gasteiger partial charge in [-0.05, 0) is 36.2 Å². The molecule has 3 aromatic rings. The van der Waals surface area contributed by atoms with Gasteiger partial charge in [0.05, 0.1) is 42.2 Å². The lowest BCUT2D eigenvalue weighted by molar-refractivity contribution is -0.385. The van der Waals surface area contributed by atoms with Crippen molar-refractivity contribution >= 4 is 27.3 Å². The summed E-state index contributed by atoms with van der Waals surface area (Å²) in [6.07, 6.45) is 1.05. The zero-order valence-electron chi connectivity index (χ0n) is 19.5. The van der Waals surface area contributed by atoms with Gasteiger partial charge in [-0.25, -0.2) is 8.42 Å². The topological polar surface area (TPSA) is 119 Å². The van der Waals surface area contributed by atoms with Gasteiger partial charge in [0.15, 0.2) is 0 Å². The molecule has 0 bridgehead atoms. The zero-order chi connectivity index (χ0) is 25.4. The van der Waals surface area contributed by atoms with Gasteiger partial charge in [0.1, 0.15) is 0 Å². The first-order valence-electron chi connectivity index (χ1n) is 10.9. The highest BCUT2D eigenvalue weighted by Crippen LogP contribution is 2.31. The van der Waals surface area contributed by atoms with Crippen LogP contribution in [0.25, 0.3) is 0 Å². The number of benzene rings is 3. The van der Waals surface area contributed by atoms with E-state index in [1.165, 1.54) is 25.1 Å². The number of hydrogen-bond donors (Lipinski definition) is 1. The van der Waals surface area contributed by atoms with Crippen molar-refractivity contribution in [1.29, 1.82) is 0 Å². The standard InChI is InChI=1S/C25H27N3O6S/c1-19-23(9-6-10-24(19)28(30)31)27(35(2,32)33)17-20-11-13-22(14-12-20)25(29)26-15-16-34-18-21-7-4-3-5-8-21/h3-14H,15-18H2,1-2H3,(H,26,29). The fourth-order valence-corrected chi connectivity index (χ4v) is 4.43. The highest BCUT2D eigenvalue weighted by molar-refractivity contribution is 7.92. The van der Waals surface area contributed by atoms with Crippen molar-refractivity contribution in [3.05, 3.63) is 105 Å². The van der Waals surface area contributed by atoms with Gasteiger partial charge >= 0.3 is 0 Å². The maximum Gasteiger partial charge on any atom is 0.274 e. The van der Waals surface area contributed by atoms with Gasteiger partial charge in [-0.15, -0.1) is 0 Å². The van der Waals surface area contributed by atoms with Crippen LogP contribution in [0.4, 0.5) is 11.4 Å². The van der Waals surface area contributed by atoms with E-state index in [2.05, 4.69) is 5.32 Å². The highest BCUT2D eigenvalue weighted by Gasteiger charge is 2.24. The van der Waals surface area contributed by atoms with Crippen molar-refractivity contribution in [1.82, 2.24) is 5.32 Å². The summed E-state index contributed by atoms with van der Waals surface area (Å²) in [5.41, 5.74) is 2.44. The maximum atomic E-state index is 12.5. The number of amides is 1. The van der Waals surface area contributed by atoms with Crippen LogP contribution in [-0.2, 0) is 27.9 Å². The molecule has 0 aliphatic carbocycles. The quantitative estimate of drug-likeness (QED) is 0.244. The molecule has 0 saturated heterocycles. The molecule has 0 heterocycles. The van der Waals surface area contributed by atoms with Gasteiger partial charge in [0.25, 0.3) is 11.6 Å². The number of anilines is 1. The van der Waals surface area contributed by atoms with Crippen LogP contribution in [0.5, 0.6) is 0 Å². The van der Waals surface area contributed by atoms with Crippen molar-refractivity contribution in [3.63, 3.8) is 0 Å². The van der Waals surface area contributed by atoms with Crippen molar-refractivity contribution < 1.29 is 22.9 Å². The Kier molecular flexibility index (Phi) is 8.56. The molecule has 0 atom stereocenters. The van der Waals surface area contributed by atoms with E-state index in [1.54, 1.807) is 24.3 Å². The summed E-state index contributed by atoms with van der Waals surface area (Å²) in [6, 6.07) is 20.6. The number of sulfonamides is 1. The number of nitrogens with zero attached hydrogens (tertiary/aromatic N) is 2. The largest absolute Gasteiger partial charge is 0.375 e. The molecule has 184 valence electrons. The molecular weight excluding hydrogens is 470 g/mol. The molecule has 0 spiro atoms. The zero-order valence-corrected chi connectivity index (χ0v) is 20.3. The lowest BCUT2D eigenvalue weighted by Crippen LogP contribution is -2.30. The number of nitro groups is 1. The Morgan fingerprint density at radius 2 is 1.69 bits per heavy atom. The first kappa shape index (κ1) is 25.9. The van der Waals surface area contributed by atoms with Gasteiger partial charge in [-0.3, -0.25) is 19.2 Å². The van der Waals surface area contributed by atoms with E-state index >= 15 is 0 Å². The number of carbonyl (C=O) groups excluding carboxylic acids is 1. The van der Waals surface area contributed by atoms with Crippen molar-refractivity contribution in [2.24, 2.45) is 0 Å². The molecule has 0 aromatic heterocycles. The van der Waals surface area contributed by atoms with Crippen molar-refractivity contribution in [3.8, 4) is 0 Å². The number of hydrogen-bond acceptors (Lipinski definition) is 6. The molecule has 0 fully saturated rings. The fourth-order valence-electron chi connectivity index (χ4n) is 3.49. The normalized spacial score (nSPS) is 11.1. The molecule has 1 amide bonds. The first-order valence-corrected chi connectivity index (χ1v) is 12.7. The number of nitro benzene ring substituents is 1. The fraction of sp³-hybridized carbons (Fsp3) is 0.240. The SMILES string of the molecule is Cc1c(N(Cc2ccc(C(=O)NCCOCc3ccccc3)cc2)S(C)(=O)=O)cccc1[N+](=O)[O-]. The Balaban J connectivity index is 1.61. The Morgan fingerprint density at radius 1 is 1.00 bits per heavy atom. The van der Waals surface area contributed by atoms with Crippen LogP contribution in [0.3, 0.4) is 0 Å². The van der Waals surface area contributed by atoms with E-state index in [1.807, 2.05) is 30.3 Å². The lowest BCUT2D eigenvalue weighted by atomic mass is 10.1. The van der Waals surface area contributed by atoms with Crippen molar-refractivity contribution in [2.75, 3.05) is 23.7 Å². The number of rotatable bonds is 11. The monoisotopic (exact) mass is 497 g/mol. The third-order valence-corrected chi connectivity index (χ3v) is 6.45. The van der Waals surface area contributed by atoms with Crippen LogP contribution in [0.2, 0.25) is 0 Å².